The van der Waals surface area contributed by atoms with Crippen LogP contribution in [0.5, 0.6) is 5.88 Å². The molecule has 3 aromatic rings. The van der Waals surface area contributed by atoms with Crippen molar-refractivity contribution in [1.29, 1.82) is 0 Å². The van der Waals surface area contributed by atoms with Crippen molar-refractivity contribution in [2.75, 3.05) is 32.8 Å². The number of aromatic nitrogens is 3. The fraction of sp³-hybridized carbons (Fsp3) is 0.292. The Bertz CT molecular complexity index is 1110. The first kappa shape index (κ1) is 25.0. The number of halogens is 2. The first-order valence-corrected chi connectivity index (χ1v) is 10.7. The summed E-state index contributed by atoms with van der Waals surface area (Å²) in [5, 5.41) is 0. The number of ether oxygens (including phenoxy) is 1. The van der Waals surface area contributed by atoms with Gasteiger partial charge in [0.15, 0.2) is 0 Å². The summed E-state index contributed by atoms with van der Waals surface area (Å²) in [6.07, 6.45) is 6.82. The summed E-state index contributed by atoms with van der Waals surface area (Å²) in [5.74, 6) is -0.128. The number of rotatable bonds is 7. The van der Waals surface area contributed by atoms with E-state index in [0.29, 0.717) is 55.3 Å². The molecule has 0 aliphatic carbocycles. The highest BCUT2D eigenvalue weighted by Gasteiger charge is 2.25. The van der Waals surface area contributed by atoms with Crippen LogP contribution in [0.25, 0.3) is 0 Å². The second-order valence-corrected chi connectivity index (χ2v) is 7.62. The van der Waals surface area contributed by atoms with Crippen molar-refractivity contribution in [2.24, 2.45) is 0 Å². The van der Waals surface area contributed by atoms with Gasteiger partial charge in [0.05, 0.1) is 18.7 Å². The van der Waals surface area contributed by atoms with E-state index in [2.05, 4.69) is 15.0 Å². The molecule has 3 heterocycles. The molecule has 2 amide bonds. The maximum atomic E-state index is 13.7. The molecule has 8 nitrogen and oxygen atoms in total. The fourth-order valence-electron chi connectivity index (χ4n) is 3.62. The molecule has 0 atom stereocenters. The van der Waals surface area contributed by atoms with Crippen LogP contribution < -0.4 is 4.74 Å². The van der Waals surface area contributed by atoms with E-state index in [0.717, 1.165) is 0 Å². The highest BCUT2D eigenvalue weighted by atomic mass is 35.5. The largest absolute Gasteiger partial charge is 0.477 e. The zero-order chi connectivity index (χ0) is 23.0. The molecule has 1 aliphatic heterocycles. The molecule has 0 N–H and O–H groups in total. The van der Waals surface area contributed by atoms with Gasteiger partial charge in [0, 0.05) is 69.0 Å². The van der Waals surface area contributed by atoms with Gasteiger partial charge in [0.1, 0.15) is 5.82 Å². The lowest BCUT2D eigenvalue weighted by atomic mass is 10.1. The molecule has 10 heteroatoms. The second-order valence-electron chi connectivity index (χ2n) is 7.62. The number of hydrogen-bond acceptors (Lipinski definition) is 6. The van der Waals surface area contributed by atoms with Crippen LogP contribution in [0.15, 0.2) is 61.2 Å². The lowest BCUT2D eigenvalue weighted by Crippen LogP contribution is -2.51. The van der Waals surface area contributed by atoms with Gasteiger partial charge in [0.2, 0.25) is 11.8 Å². The van der Waals surface area contributed by atoms with Crippen molar-refractivity contribution in [3.8, 4) is 5.88 Å². The van der Waals surface area contributed by atoms with E-state index >= 15 is 0 Å². The highest BCUT2D eigenvalue weighted by molar-refractivity contribution is 5.94. The predicted molar refractivity (Wildman–Crippen MR) is 125 cm³/mol. The highest BCUT2D eigenvalue weighted by Crippen LogP contribution is 2.15. The van der Waals surface area contributed by atoms with Crippen LogP contribution in [0.3, 0.4) is 0 Å². The first-order valence-electron chi connectivity index (χ1n) is 10.7. The molecule has 2 aromatic heterocycles. The molecule has 1 saturated heterocycles. The summed E-state index contributed by atoms with van der Waals surface area (Å²) >= 11 is 0. The third-order valence-electron chi connectivity index (χ3n) is 5.43. The van der Waals surface area contributed by atoms with Crippen molar-refractivity contribution >= 4 is 24.2 Å². The van der Waals surface area contributed by atoms with Gasteiger partial charge in [-0.3, -0.25) is 19.6 Å². The van der Waals surface area contributed by atoms with Gasteiger partial charge >= 0.3 is 0 Å². The maximum absolute atomic E-state index is 13.7. The Morgan fingerprint density at radius 3 is 2.47 bits per heavy atom. The second kappa shape index (κ2) is 12.0. The summed E-state index contributed by atoms with van der Waals surface area (Å²) in [7, 11) is 0. The minimum atomic E-state index is -0.271. The summed E-state index contributed by atoms with van der Waals surface area (Å²) in [6.45, 7) is 2.05. The van der Waals surface area contributed by atoms with Gasteiger partial charge < -0.3 is 14.5 Å². The van der Waals surface area contributed by atoms with Crippen molar-refractivity contribution in [3.05, 3.63) is 83.8 Å². The van der Waals surface area contributed by atoms with Crippen molar-refractivity contribution in [2.45, 2.75) is 12.8 Å². The minimum Gasteiger partial charge on any atom is -0.477 e. The Kier molecular flexibility index (Phi) is 8.86. The number of carbonyl (C=O) groups is 2. The molecule has 4 rings (SSSR count). The first-order chi connectivity index (χ1) is 16.1. The number of benzene rings is 1. The average molecular weight is 486 g/mol. The normalized spacial score (nSPS) is 13.2. The topological polar surface area (TPSA) is 88.5 Å². The van der Waals surface area contributed by atoms with Crippen LogP contribution in [0.4, 0.5) is 4.39 Å². The lowest BCUT2D eigenvalue weighted by Gasteiger charge is -2.34. The monoisotopic (exact) mass is 485 g/mol. The number of nitrogens with zero attached hydrogens (tertiary/aromatic N) is 5. The number of carbonyl (C=O) groups excluding carboxylic acids is 2. The SMILES string of the molecule is Cl.O=C(Cc1cnccn1)N1CCN(C(=O)c2ccnc(OCCc3ccccc3F)c2)CC1. The van der Waals surface area contributed by atoms with Crippen LogP contribution in [0.1, 0.15) is 21.6 Å². The predicted octanol–water partition coefficient (Wildman–Crippen LogP) is 2.58. The minimum absolute atomic E-state index is 0. The van der Waals surface area contributed by atoms with Gasteiger partial charge in [-0.25, -0.2) is 9.37 Å². The fourth-order valence-corrected chi connectivity index (χ4v) is 3.62. The van der Waals surface area contributed by atoms with Crippen LogP contribution in [-0.4, -0.2) is 69.4 Å². The molecule has 0 spiro atoms. The molecule has 0 unspecified atom stereocenters. The molecule has 0 radical (unpaired) electrons. The molecule has 1 aromatic carbocycles. The lowest BCUT2D eigenvalue weighted by molar-refractivity contribution is -0.132. The number of pyridine rings is 1. The van der Waals surface area contributed by atoms with E-state index in [1.165, 1.54) is 12.3 Å². The number of piperazine rings is 1. The summed E-state index contributed by atoms with van der Waals surface area (Å²) in [4.78, 5) is 41.1. The van der Waals surface area contributed by atoms with Gasteiger partial charge in [-0.15, -0.1) is 12.4 Å². The van der Waals surface area contributed by atoms with Gasteiger partial charge in [-0.2, -0.15) is 0 Å². The number of amides is 2. The molecule has 34 heavy (non-hydrogen) atoms. The number of hydrogen-bond donors (Lipinski definition) is 0. The molecular formula is C24H25ClFN5O3. The molecule has 1 aliphatic rings. The van der Waals surface area contributed by atoms with E-state index < -0.39 is 0 Å². The summed E-state index contributed by atoms with van der Waals surface area (Å²) in [6, 6.07) is 9.77. The van der Waals surface area contributed by atoms with E-state index in [9.17, 15) is 14.0 Å². The van der Waals surface area contributed by atoms with Crippen LogP contribution >= 0.6 is 12.4 Å². The Hall–Kier alpha value is -3.59. The van der Waals surface area contributed by atoms with E-state index in [4.69, 9.17) is 4.74 Å². The molecule has 1 fully saturated rings. The Morgan fingerprint density at radius 2 is 1.74 bits per heavy atom. The molecule has 178 valence electrons. The van der Waals surface area contributed by atoms with E-state index in [-0.39, 0.29) is 43.1 Å². The van der Waals surface area contributed by atoms with Crippen LogP contribution in [0, 0.1) is 5.82 Å². The van der Waals surface area contributed by atoms with Gasteiger partial charge in [0.25, 0.3) is 5.91 Å². The van der Waals surface area contributed by atoms with Gasteiger partial charge in [-0.1, -0.05) is 18.2 Å². The Labute approximate surface area is 203 Å². The Balaban J connectivity index is 0.00000324. The smallest absolute Gasteiger partial charge is 0.254 e. The van der Waals surface area contributed by atoms with Gasteiger partial charge in [-0.05, 0) is 17.7 Å². The third-order valence-corrected chi connectivity index (χ3v) is 5.43. The van der Waals surface area contributed by atoms with Crippen molar-refractivity contribution in [3.63, 3.8) is 0 Å². The Morgan fingerprint density at radius 1 is 0.971 bits per heavy atom. The summed E-state index contributed by atoms with van der Waals surface area (Å²) in [5.41, 5.74) is 1.65. The van der Waals surface area contributed by atoms with E-state index in [1.807, 2.05) is 0 Å². The summed E-state index contributed by atoms with van der Waals surface area (Å²) < 4.78 is 19.4. The third kappa shape index (κ3) is 6.48. The van der Waals surface area contributed by atoms with Crippen molar-refractivity contribution in [1.82, 2.24) is 24.8 Å². The van der Waals surface area contributed by atoms with E-state index in [1.54, 1.807) is 58.7 Å². The molecular weight excluding hydrogens is 461 g/mol. The molecule has 0 bridgehead atoms. The maximum Gasteiger partial charge on any atom is 0.254 e. The van der Waals surface area contributed by atoms with Crippen LogP contribution in [0.2, 0.25) is 0 Å². The zero-order valence-corrected chi connectivity index (χ0v) is 19.3. The molecule has 0 saturated carbocycles. The standard InChI is InChI=1S/C24H24FN5O3.ClH/c25-21-4-2-1-3-18(21)6-14-33-22-15-19(5-7-28-22)24(32)30-12-10-29(11-13-30)23(31)16-20-17-26-8-9-27-20;/h1-5,7-9,15,17H,6,10-14,16H2;1H. The zero-order valence-electron chi connectivity index (χ0n) is 18.5. The quantitative estimate of drug-likeness (QED) is 0.511. The van der Waals surface area contributed by atoms with Crippen molar-refractivity contribution < 1.29 is 18.7 Å². The average Bonchev–Trinajstić information content (AvgIpc) is 2.86. The van der Waals surface area contributed by atoms with Crippen LogP contribution in [-0.2, 0) is 17.6 Å².